The second-order valence-corrected chi connectivity index (χ2v) is 14.6. The standard InChI is InChI=1S/3C10H16.ClH/c3*1-7-2-9-4-8(1)5-10(3-7)6-9;/h3*7-10H,1-6H2;1H. The summed E-state index contributed by atoms with van der Waals surface area (Å²) in [5.41, 5.74) is 0. The summed E-state index contributed by atoms with van der Waals surface area (Å²) in [5.74, 6) is 14.1. The Morgan fingerprint density at radius 3 is 0.290 bits per heavy atom. The molecule has 0 atom stereocenters. The number of rotatable bonds is 0. The average molecular weight is 445 g/mol. The fourth-order valence-corrected chi connectivity index (χ4v) is 11.9. The van der Waals surface area contributed by atoms with Crippen LogP contribution in [0.2, 0.25) is 0 Å². The summed E-state index contributed by atoms with van der Waals surface area (Å²) < 4.78 is 0. The van der Waals surface area contributed by atoms with Gasteiger partial charge in [-0.15, -0.1) is 12.4 Å². The molecule has 12 saturated carbocycles. The van der Waals surface area contributed by atoms with Gasteiger partial charge in [0.05, 0.1) is 0 Å². The molecule has 0 spiro atoms. The summed E-state index contributed by atoms with van der Waals surface area (Å²) in [4.78, 5) is 0. The maximum absolute atomic E-state index is 1.60. The van der Waals surface area contributed by atoms with E-state index in [4.69, 9.17) is 0 Å². The molecule has 0 heterocycles. The normalized spacial score (nSPS) is 55.7. The molecule has 1 heteroatoms. The van der Waals surface area contributed by atoms with Crippen molar-refractivity contribution in [3.8, 4) is 0 Å². The van der Waals surface area contributed by atoms with Crippen LogP contribution < -0.4 is 0 Å². The first-order valence-electron chi connectivity index (χ1n) is 14.7. The van der Waals surface area contributed by atoms with E-state index in [-0.39, 0.29) is 12.4 Å². The fraction of sp³-hybridized carbons (Fsp3) is 1.00. The molecule has 0 radical (unpaired) electrons. The Balaban J connectivity index is 0.0000000882. The van der Waals surface area contributed by atoms with Crippen LogP contribution in [0.25, 0.3) is 0 Å². The van der Waals surface area contributed by atoms with Crippen molar-refractivity contribution in [3.63, 3.8) is 0 Å². The van der Waals surface area contributed by atoms with Gasteiger partial charge in [0.2, 0.25) is 0 Å². The molecule has 0 N–H and O–H groups in total. The van der Waals surface area contributed by atoms with E-state index < -0.39 is 0 Å². The van der Waals surface area contributed by atoms with Crippen molar-refractivity contribution in [2.75, 3.05) is 0 Å². The molecule has 12 bridgehead atoms. The summed E-state index contributed by atoms with van der Waals surface area (Å²) in [5, 5.41) is 0. The highest BCUT2D eigenvalue weighted by Gasteiger charge is 2.43. The zero-order valence-corrected chi connectivity index (χ0v) is 20.9. The molecular formula is C30H49Cl. The van der Waals surface area contributed by atoms with Crippen LogP contribution in [0.15, 0.2) is 0 Å². The van der Waals surface area contributed by atoms with Crippen LogP contribution in [0.5, 0.6) is 0 Å². The molecule has 12 aliphatic rings. The first-order valence-corrected chi connectivity index (χ1v) is 14.7. The van der Waals surface area contributed by atoms with Crippen molar-refractivity contribution in [2.24, 2.45) is 71.0 Å². The molecule has 0 amide bonds. The predicted molar refractivity (Wildman–Crippen MR) is 132 cm³/mol. The third-order valence-corrected chi connectivity index (χ3v) is 12.0. The lowest BCUT2D eigenvalue weighted by Crippen LogP contribution is -2.38. The third kappa shape index (κ3) is 4.64. The minimum absolute atomic E-state index is 0. The van der Waals surface area contributed by atoms with Crippen LogP contribution in [-0.2, 0) is 0 Å². The van der Waals surface area contributed by atoms with Gasteiger partial charge in [-0.05, 0) is 187 Å². The Morgan fingerprint density at radius 2 is 0.226 bits per heavy atom. The molecule has 0 unspecified atom stereocenters. The summed E-state index contributed by atoms with van der Waals surface area (Å²) in [6.45, 7) is 0. The van der Waals surface area contributed by atoms with Crippen molar-refractivity contribution < 1.29 is 0 Å². The molecule has 0 aliphatic heterocycles. The van der Waals surface area contributed by atoms with Gasteiger partial charge in [0.15, 0.2) is 0 Å². The van der Waals surface area contributed by atoms with E-state index in [2.05, 4.69) is 0 Å². The molecule has 176 valence electrons. The zero-order valence-electron chi connectivity index (χ0n) is 20.1. The van der Waals surface area contributed by atoms with Crippen LogP contribution in [0.3, 0.4) is 0 Å². The predicted octanol–water partition coefficient (Wildman–Crippen LogP) is 8.92. The van der Waals surface area contributed by atoms with Crippen LogP contribution in [0.1, 0.15) is 116 Å². The number of hydrogen-bond acceptors (Lipinski definition) is 0. The lowest BCUT2D eigenvalue weighted by Gasteiger charge is -2.49. The maximum atomic E-state index is 1.60. The first kappa shape index (κ1) is 21.8. The smallest absolute Gasteiger partial charge is 0.0406 e. The van der Waals surface area contributed by atoms with Gasteiger partial charge in [0.25, 0.3) is 0 Å². The van der Waals surface area contributed by atoms with Gasteiger partial charge >= 0.3 is 0 Å². The van der Waals surface area contributed by atoms with Gasteiger partial charge in [0, 0.05) is 0 Å². The summed E-state index contributed by atoms with van der Waals surface area (Å²) in [6.07, 6.45) is 28.9. The molecule has 0 aromatic heterocycles. The minimum Gasteiger partial charge on any atom is -0.147 e. The average Bonchev–Trinajstić information content (AvgIpc) is 2.66. The summed E-state index contributed by atoms with van der Waals surface area (Å²) >= 11 is 0. The first-order chi connectivity index (χ1) is 14.7. The van der Waals surface area contributed by atoms with E-state index >= 15 is 0 Å². The highest BCUT2D eigenvalue weighted by atomic mass is 35.5. The van der Waals surface area contributed by atoms with Crippen molar-refractivity contribution in [1.82, 2.24) is 0 Å². The van der Waals surface area contributed by atoms with Crippen LogP contribution in [0, 0.1) is 71.0 Å². The molecule has 31 heavy (non-hydrogen) atoms. The van der Waals surface area contributed by atoms with Crippen LogP contribution in [0.4, 0.5) is 0 Å². The highest BCUT2D eigenvalue weighted by Crippen LogP contribution is 2.55. The van der Waals surface area contributed by atoms with Crippen LogP contribution in [-0.4, -0.2) is 0 Å². The van der Waals surface area contributed by atoms with E-state index in [0.717, 1.165) is 0 Å². The van der Waals surface area contributed by atoms with Crippen LogP contribution >= 0.6 is 12.4 Å². The molecule has 12 aliphatic carbocycles. The van der Waals surface area contributed by atoms with E-state index in [9.17, 15) is 0 Å². The van der Waals surface area contributed by atoms with Gasteiger partial charge in [0.1, 0.15) is 0 Å². The van der Waals surface area contributed by atoms with Crippen molar-refractivity contribution in [1.29, 1.82) is 0 Å². The Kier molecular flexibility index (Phi) is 6.20. The molecule has 12 fully saturated rings. The molecular weight excluding hydrogens is 396 g/mol. The molecule has 0 nitrogen and oxygen atoms in total. The second-order valence-electron chi connectivity index (χ2n) is 14.6. The van der Waals surface area contributed by atoms with E-state index in [1.165, 1.54) is 71.0 Å². The maximum Gasteiger partial charge on any atom is -0.0406 e. The SMILES string of the molecule is C1C2CC3CC1CC(C2)C3.C1C2CC3CC1CC(C2)C3.C1C2CC3CC1CC(C2)C3.Cl. The fourth-order valence-electron chi connectivity index (χ4n) is 11.9. The summed E-state index contributed by atoms with van der Waals surface area (Å²) in [6, 6.07) is 0. The summed E-state index contributed by atoms with van der Waals surface area (Å²) in [7, 11) is 0. The van der Waals surface area contributed by atoms with Gasteiger partial charge in [-0.2, -0.15) is 0 Å². The van der Waals surface area contributed by atoms with E-state index in [0.29, 0.717) is 0 Å². The van der Waals surface area contributed by atoms with Gasteiger partial charge in [-0.1, -0.05) is 0 Å². The van der Waals surface area contributed by atoms with Gasteiger partial charge in [-0.25, -0.2) is 0 Å². The largest absolute Gasteiger partial charge is 0.147 e. The zero-order chi connectivity index (χ0) is 19.7. The Morgan fingerprint density at radius 1 is 0.161 bits per heavy atom. The second kappa shape index (κ2) is 8.82. The van der Waals surface area contributed by atoms with Crippen molar-refractivity contribution >= 4 is 12.4 Å². The quantitative estimate of drug-likeness (QED) is 0.349. The molecule has 12 rings (SSSR count). The third-order valence-electron chi connectivity index (χ3n) is 12.0. The highest BCUT2D eigenvalue weighted by molar-refractivity contribution is 5.85. The lowest BCUT2D eigenvalue weighted by molar-refractivity contribution is 0.0197. The monoisotopic (exact) mass is 444 g/mol. The Bertz CT molecular complexity index is 367. The minimum atomic E-state index is 0. The van der Waals surface area contributed by atoms with Crippen molar-refractivity contribution in [3.05, 3.63) is 0 Å². The number of halogens is 1. The van der Waals surface area contributed by atoms with Gasteiger partial charge in [-0.3, -0.25) is 0 Å². The lowest BCUT2D eigenvalue weighted by atomic mass is 9.56. The van der Waals surface area contributed by atoms with E-state index in [1.807, 2.05) is 0 Å². The number of hydrogen-bond donors (Lipinski definition) is 0. The van der Waals surface area contributed by atoms with Gasteiger partial charge < -0.3 is 0 Å². The molecule has 0 aromatic carbocycles. The van der Waals surface area contributed by atoms with E-state index in [1.54, 1.807) is 116 Å². The molecule has 0 saturated heterocycles. The Hall–Kier alpha value is 0.290. The Labute approximate surface area is 198 Å². The molecule has 0 aromatic rings. The van der Waals surface area contributed by atoms with Crippen molar-refractivity contribution in [2.45, 2.75) is 116 Å². The topological polar surface area (TPSA) is 0 Å².